The smallest absolute Gasteiger partial charge is 0.407 e. The number of piperazine rings is 1. The van der Waals surface area contributed by atoms with Gasteiger partial charge in [-0.1, -0.05) is 11.6 Å². The minimum Gasteiger partial charge on any atom is -0.489 e. The van der Waals surface area contributed by atoms with Crippen molar-refractivity contribution >= 4 is 34.6 Å². The number of rotatable bonds is 4. The third kappa shape index (κ3) is 4.52. The standard InChI is InChI=1S/C23H30ClN3O5/c1-14(2)25-6-4-16(5-7-25)31-20-13-19-17(12-18(20)24)15(3)21(32-19)22(28)26-8-10-27(11-9-26)23(29)30/h12-14,16H,4-11H2,1-3H3,(H,29,30). The number of carbonyl (C=O) groups is 2. The van der Waals surface area contributed by atoms with Gasteiger partial charge < -0.3 is 29.0 Å². The first-order valence-electron chi connectivity index (χ1n) is 11.1. The van der Waals surface area contributed by atoms with Crippen molar-refractivity contribution in [2.45, 2.75) is 45.8 Å². The number of halogens is 1. The molecule has 2 aromatic rings. The van der Waals surface area contributed by atoms with E-state index in [4.69, 9.17) is 25.9 Å². The Morgan fingerprint density at radius 3 is 2.31 bits per heavy atom. The Bertz CT molecular complexity index is 1000. The second-order valence-electron chi connectivity index (χ2n) is 8.84. The van der Waals surface area contributed by atoms with E-state index in [0.717, 1.165) is 36.9 Å². The highest BCUT2D eigenvalue weighted by Crippen LogP contribution is 2.36. The van der Waals surface area contributed by atoms with Crippen LogP contribution in [-0.4, -0.2) is 83.2 Å². The zero-order valence-corrected chi connectivity index (χ0v) is 19.5. The molecule has 0 aliphatic carbocycles. The van der Waals surface area contributed by atoms with Gasteiger partial charge >= 0.3 is 6.09 Å². The zero-order chi connectivity index (χ0) is 23.0. The lowest BCUT2D eigenvalue weighted by atomic mass is 10.1. The van der Waals surface area contributed by atoms with Gasteiger partial charge in [-0.2, -0.15) is 0 Å². The minimum atomic E-state index is -0.964. The second-order valence-corrected chi connectivity index (χ2v) is 9.25. The van der Waals surface area contributed by atoms with E-state index in [0.29, 0.717) is 48.6 Å². The molecule has 0 spiro atoms. The van der Waals surface area contributed by atoms with Crippen molar-refractivity contribution in [1.82, 2.24) is 14.7 Å². The first-order valence-corrected chi connectivity index (χ1v) is 11.5. The van der Waals surface area contributed by atoms with Gasteiger partial charge in [0.2, 0.25) is 0 Å². The fourth-order valence-electron chi connectivity index (χ4n) is 4.45. The molecule has 0 radical (unpaired) electrons. The van der Waals surface area contributed by atoms with Gasteiger partial charge in [0.1, 0.15) is 17.4 Å². The summed E-state index contributed by atoms with van der Waals surface area (Å²) in [6, 6.07) is 4.11. The number of carbonyl (C=O) groups excluding carboxylic acids is 1. The van der Waals surface area contributed by atoms with Crippen molar-refractivity contribution in [1.29, 1.82) is 0 Å². The molecule has 8 nitrogen and oxygen atoms in total. The molecule has 32 heavy (non-hydrogen) atoms. The van der Waals surface area contributed by atoms with Gasteiger partial charge in [0, 0.05) is 62.3 Å². The number of furan rings is 1. The molecule has 0 saturated carbocycles. The van der Waals surface area contributed by atoms with E-state index in [1.165, 1.54) is 4.90 Å². The first kappa shape index (κ1) is 22.7. The Hall–Kier alpha value is -2.45. The monoisotopic (exact) mass is 463 g/mol. The molecule has 1 N–H and O–H groups in total. The number of carboxylic acid groups (broad SMARTS) is 1. The number of ether oxygens (including phenoxy) is 1. The molecule has 2 aliphatic heterocycles. The van der Waals surface area contributed by atoms with Crippen LogP contribution in [-0.2, 0) is 0 Å². The number of fused-ring (bicyclic) bond motifs is 1. The van der Waals surface area contributed by atoms with Gasteiger partial charge in [0.25, 0.3) is 5.91 Å². The van der Waals surface area contributed by atoms with E-state index in [1.807, 2.05) is 6.92 Å². The second kappa shape index (κ2) is 9.19. The predicted octanol–water partition coefficient (Wildman–Crippen LogP) is 4.08. The first-order chi connectivity index (χ1) is 15.2. The summed E-state index contributed by atoms with van der Waals surface area (Å²) in [5.74, 6) is 0.607. The summed E-state index contributed by atoms with van der Waals surface area (Å²) in [4.78, 5) is 29.5. The van der Waals surface area contributed by atoms with Crippen LogP contribution >= 0.6 is 11.6 Å². The highest BCUT2D eigenvalue weighted by Gasteiger charge is 2.29. The van der Waals surface area contributed by atoms with Crippen LogP contribution in [0.2, 0.25) is 5.02 Å². The number of benzene rings is 1. The van der Waals surface area contributed by atoms with E-state index in [2.05, 4.69) is 18.7 Å². The van der Waals surface area contributed by atoms with E-state index < -0.39 is 6.09 Å². The van der Waals surface area contributed by atoms with Crippen molar-refractivity contribution < 1.29 is 23.8 Å². The van der Waals surface area contributed by atoms with E-state index in [-0.39, 0.29) is 17.8 Å². The van der Waals surface area contributed by atoms with Crippen LogP contribution in [0.15, 0.2) is 16.5 Å². The summed E-state index contributed by atoms with van der Waals surface area (Å²) in [6.07, 6.45) is 1.02. The number of nitrogens with zero attached hydrogens (tertiary/aromatic N) is 3. The lowest BCUT2D eigenvalue weighted by molar-refractivity contribution is 0.0597. The lowest BCUT2D eigenvalue weighted by Crippen LogP contribution is -2.50. The van der Waals surface area contributed by atoms with Crippen molar-refractivity contribution in [3.8, 4) is 5.75 Å². The number of hydrogen-bond acceptors (Lipinski definition) is 5. The van der Waals surface area contributed by atoms with Gasteiger partial charge in [-0.15, -0.1) is 0 Å². The number of amides is 2. The quantitative estimate of drug-likeness (QED) is 0.735. The average molecular weight is 464 g/mol. The molecular weight excluding hydrogens is 434 g/mol. The Balaban J connectivity index is 1.49. The molecule has 0 atom stereocenters. The fraction of sp³-hybridized carbons (Fsp3) is 0.565. The van der Waals surface area contributed by atoms with Crippen molar-refractivity contribution in [2.24, 2.45) is 0 Å². The summed E-state index contributed by atoms with van der Waals surface area (Å²) in [5, 5.41) is 10.4. The summed E-state index contributed by atoms with van der Waals surface area (Å²) < 4.78 is 12.2. The SMILES string of the molecule is Cc1c(C(=O)N2CCN(C(=O)O)CC2)oc2cc(OC3CCN(C(C)C)CC3)c(Cl)cc12. The minimum absolute atomic E-state index is 0.0997. The van der Waals surface area contributed by atoms with Crippen LogP contribution in [0.1, 0.15) is 42.8 Å². The average Bonchev–Trinajstić information content (AvgIpc) is 3.09. The van der Waals surface area contributed by atoms with Gasteiger partial charge in [0.05, 0.1) is 5.02 Å². The number of piperidine rings is 1. The molecule has 0 unspecified atom stereocenters. The Labute approximate surface area is 192 Å². The third-order valence-corrected chi connectivity index (χ3v) is 6.82. The molecule has 2 aliphatic rings. The van der Waals surface area contributed by atoms with Crippen LogP contribution in [0, 0.1) is 6.92 Å². The van der Waals surface area contributed by atoms with Crippen LogP contribution in [0.4, 0.5) is 4.79 Å². The molecule has 174 valence electrons. The molecule has 1 aromatic carbocycles. The Morgan fingerprint density at radius 2 is 1.72 bits per heavy atom. The van der Waals surface area contributed by atoms with Gasteiger partial charge in [0.15, 0.2) is 5.76 Å². The molecule has 9 heteroatoms. The van der Waals surface area contributed by atoms with Gasteiger partial charge in [-0.3, -0.25) is 4.79 Å². The number of hydrogen-bond donors (Lipinski definition) is 1. The van der Waals surface area contributed by atoms with Crippen molar-refractivity contribution in [3.05, 3.63) is 28.5 Å². The van der Waals surface area contributed by atoms with Gasteiger partial charge in [-0.25, -0.2) is 4.79 Å². The van der Waals surface area contributed by atoms with E-state index in [9.17, 15) is 9.59 Å². The third-order valence-electron chi connectivity index (χ3n) is 6.52. The molecule has 0 bridgehead atoms. The molecule has 1 aromatic heterocycles. The molecule has 2 saturated heterocycles. The lowest BCUT2D eigenvalue weighted by Gasteiger charge is -2.34. The van der Waals surface area contributed by atoms with Crippen LogP contribution in [0.3, 0.4) is 0 Å². The van der Waals surface area contributed by atoms with Crippen LogP contribution in [0.25, 0.3) is 11.0 Å². The summed E-state index contributed by atoms with van der Waals surface area (Å²) in [6.45, 7) is 9.50. The maximum absolute atomic E-state index is 13.0. The summed E-state index contributed by atoms with van der Waals surface area (Å²) in [5.41, 5.74) is 1.29. The van der Waals surface area contributed by atoms with Crippen LogP contribution < -0.4 is 4.74 Å². The maximum atomic E-state index is 13.0. The predicted molar refractivity (Wildman–Crippen MR) is 122 cm³/mol. The normalized spacial score (nSPS) is 18.5. The zero-order valence-electron chi connectivity index (χ0n) is 18.8. The largest absolute Gasteiger partial charge is 0.489 e. The molecule has 2 amide bonds. The highest BCUT2D eigenvalue weighted by atomic mass is 35.5. The van der Waals surface area contributed by atoms with E-state index >= 15 is 0 Å². The van der Waals surface area contributed by atoms with E-state index in [1.54, 1.807) is 17.0 Å². The number of likely N-dealkylation sites (tertiary alicyclic amines) is 1. The molecule has 4 rings (SSSR count). The van der Waals surface area contributed by atoms with Crippen molar-refractivity contribution in [2.75, 3.05) is 39.3 Å². The topological polar surface area (TPSA) is 86.5 Å². The number of aryl methyl sites for hydroxylation is 1. The molecule has 2 fully saturated rings. The summed E-state index contributed by atoms with van der Waals surface area (Å²) in [7, 11) is 0. The Kier molecular flexibility index (Phi) is 6.53. The molecular formula is C23H30ClN3O5. The molecule has 3 heterocycles. The fourth-order valence-corrected chi connectivity index (χ4v) is 4.66. The maximum Gasteiger partial charge on any atom is 0.407 e. The van der Waals surface area contributed by atoms with Crippen LogP contribution in [0.5, 0.6) is 5.75 Å². The van der Waals surface area contributed by atoms with Gasteiger partial charge in [-0.05, 0) is 39.7 Å². The van der Waals surface area contributed by atoms with Crippen molar-refractivity contribution in [3.63, 3.8) is 0 Å². The summed E-state index contributed by atoms with van der Waals surface area (Å²) >= 11 is 6.52. The Morgan fingerprint density at radius 1 is 1.09 bits per heavy atom. The highest BCUT2D eigenvalue weighted by molar-refractivity contribution is 6.33.